The van der Waals surface area contributed by atoms with Crippen LogP contribution in [0.2, 0.25) is 0 Å². The number of benzene rings is 1. The molecule has 0 aliphatic rings. The van der Waals surface area contributed by atoms with Crippen LogP contribution in [-0.4, -0.2) is 16.0 Å². The van der Waals surface area contributed by atoms with Crippen LogP contribution in [0.3, 0.4) is 0 Å². The summed E-state index contributed by atoms with van der Waals surface area (Å²) in [6, 6.07) is 13.2. The van der Waals surface area contributed by atoms with Crippen molar-refractivity contribution in [1.29, 1.82) is 0 Å². The van der Waals surface area contributed by atoms with Gasteiger partial charge < -0.3 is 5.32 Å². The Labute approximate surface area is 135 Å². The number of anilines is 1. The molecule has 1 N–H and O–H groups in total. The van der Waals surface area contributed by atoms with Gasteiger partial charge in [-0.3, -0.25) is 0 Å². The van der Waals surface area contributed by atoms with Crippen LogP contribution in [0.1, 0.15) is 31.7 Å². The fourth-order valence-corrected chi connectivity index (χ4v) is 3.41. The van der Waals surface area contributed by atoms with E-state index in [2.05, 4.69) is 64.0 Å². The van der Waals surface area contributed by atoms with Crippen molar-refractivity contribution in [3.63, 3.8) is 0 Å². The van der Waals surface area contributed by atoms with E-state index in [1.54, 1.807) is 17.7 Å². The summed E-state index contributed by atoms with van der Waals surface area (Å²) in [5.74, 6) is 0.961. The molecule has 2 heterocycles. The molecule has 0 spiro atoms. The summed E-state index contributed by atoms with van der Waals surface area (Å²) in [4.78, 5) is 9.82. The van der Waals surface area contributed by atoms with Crippen LogP contribution in [0.5, 0.6) is 0 Å². The number of hydrogen-bond acceptors (Lipinski definition) is 4. The maximum atomic E-state index is 4.45. The summed E-state index contributed by atoms with van der Waals surface area (Å²) in [5, 5.41) is 6.85. The number of unbranched alkanes of at least 4 members (excludes halogenated alkanes) is 1. The first-order valence-corrected chi connectivity index (χ1v) is 8.73. The van der Waals surface area contributed by atoms with Gasteiger partial charge in [0.05, 0.1) is 5.39 Å². The van der Waals surface area contributed by atoms with Crippen LogP contribution in [0.4, 0.5) is 5.82 Å². The van der Waals surface area contributed by atoms with Crippen molar-refractivity contribution in [1.82, 2.24) is 9.97 Å². The van der Waals surface area contributed by atoms with Gasteiger partial charge in [0.1, 0.15) is 17.0 Å². The Hall–Kier alpha value is -1.94. The van der Waals surface area contributed by atoms with Crippen LogP contribution in [-0.2, 0) is 6.42 Å². The Morgan fingerprint density at radius 2 is 2.00 bits per heavy atom. The lowest BCUT2D eigenvalue weighted by Crippen LogP contribution is -2.23. The van der Waals surface area contributed by atoms with E-state index in [9.17, 15) is 0 Å². The number of thiophene rings is 1. The van der Waals surface area contributed by atoms with Crippen LogP contribution in [0, 0.1) is 0 Å². The summed E-state index contributed by atoms with van der Waals surface area (Å²) < 4.78 is 0. The van der Waals surface area contributed by atoms with Gasteiger partial charge in [-0.05, 0) is 29.9 Å². The predicted molar refractivity (Wildman–Crippen MR) is 94.5 cm³/mol. The third-order valence-electron chi connectivity index (χ3n) is 3.83. The molecule has 1 unspecified atom stereocenters. The van der Waals surface area contributed by atoms with Gasteiger partial charge in [-0.15, -0.1) is 11.3 Å². The first-order valence-electron chi connectivity index (χ1n) is 7.85. The molecule has 4 heteroatoms. The van der Waals surface area contributed by atoms with Crippen molar-refractivity contribution in [2.75, 3.05) is 5.32 Å². The fourth-order valence-electron chi connectivity index (χ4n) is 2.67. The Morgan fingerprint density at radius 1 is 1.14 bits per heavy atom. The number of fused-ring (bicyclic) bond motifs is 1. The van der Waals surface area contributed by atoms with Crippen molar-refractivity contribution in [2.24, 2.45) is 0 Å². The minimum absolute atomic E-state index is 0.403. The van der Waals surface area contributed by atoms with Gasteiger partial charge in [0.25, 0.3) is 0 Å². The molecule has 0 radical (unpaired) electrons. The average Bonchev–Trinajstić information content (AvgIpc) is 3.03. The molecule has 0 saturated carbocycles. The monoisotopic (exact) mass is 311 g/mol. The van der Waals surface area contributed by atoms with E-state index in [1.807, 2.05) is 0 Å². The molecule has 0 saturated heterocycles. The largest absolute Gasteiger partial charge is 0.366 e. The van der Waals surface area contributed by atoms with Gasteiger partial charge in [0.15, 0.2) is 0 Å². The molecule has 0 aliphatic heterocycles. The zero-order chi connectivity index (χ0) is 15.2. The maximum Gasteiger partial charge on any atom is 0.138 e. The van der Waals surface area contributed by atoms with E-state index in [0.29, 0.717) is 6.04 Å². The van der Waals surface area contributed by atoms with E-state index in [1.165, 1.54) is 18.4 Å². The Morgan fingerprint density at radius 3 is 2.82 bits per heavy atom. The highest BCUT2D eigenvalue weighted by atomic mass is 32.1. The summed E-state index contributed by atoms with van der Waals surface area (Å²) in [5.41, 5.74) is 1.37. The normalized spacial score (nSPS) is 12.4. The van der Waals surface area contributed by atoms with Crippen molar-refractivity contribution in [3.05, 3.63) is 53.7 Å². The van der Waals surface area contributed by atoms with Crippen molar-refractivity contribution in [2.45, 2.75) is 38.6 Å². The molecule has 1 aromatic carbocycles. The van der Waals surface area contributed by atoms with Crippen LogP contribution in [0.15, 0.2) is 48.1 Å². The second kappa shape index (κ2) is 7.36. The summed E-state index contributed by atoms with van der Waals surface area (Å²) in [7, 11) is 0. The van der Waals surface area contributed by atoms with Gasteiger partial charge in [-0.2, -0.15) is 0 Å². The molecule has 3 rings (SSSR count). The van der Waals surface area contributed by atoms with Crippen LogP contribution < -0.4 is 5.32 Å². The molecule has 114 valence electrons. The highest BCUT2D eigenvalue weighted by Crippen LogP contribution is 2.25. The number of aromatic nitrogens is 2. The lowest BCUT2D eigenvalue weighted by molar-refractivity contribution is 0.603. The number of hydrogen-bond donors (Lipinski definition) is 1. The van der Waals surface area contributed by atoms with Gasteiger partial charge in [0, 0.05) is 6.04 Å². The third-order valence-corrected chi connectivity index (χ3v) is 4.65. The molecule has 22 heavy (non-hydrogen) atoms. The second-order valence-electron chi connectivity index (χ2n) is 5.53. The molecular formula is C18H21N3S. The lowest BCUT2D eigenvalue weighted by atomic mass is 10.0. The van der Waals surface area contributed by atoms with E-state index < -0.39 is 0 Å². The smallest absolute Gasteiger partial charge is 0.138 e. The third kappa shape index (κ3) is 3.63. The first kappa shape index (κ1) is 15.0. The summed E-state index contributed by atoms with van der Waals surface area (Å²) >= 11 is 1.66. The highest BCUT2D eigenvalue weighted by molar-refractivity contribution is 7.16. The molecular weight excluding hydrogens is 290 g/mol. The number of rotatable bonds is 7. The second-order valence-corrected chi connectivity index (χ2v) is 6.43. The van der Waals surface area contributed by atoms with Crippen molar-refractivity contribution < 1.29 is 0 Å². The van der Waals surface area contributed by atoms with Crippen LogP contribution in [0.25, 0.3) is 10.2 Å². The minimum Gasteiger partial charge on any atom is -0.366 e. The average molecular weight is 311 g/mol. The number of nitrogens with one attached hydrogen (secondary N) is 1. The lowest BCUT2D eigenvalue weighted by Gasteiger charge is -2.19. The molecule has 3 nitrogen and oxygen atoms in total. The number of nitrogens with zero attached hydrogens (tertiary/aromatic N) is 2. The highest BCUT2D eigenvalue weighted by Gasteiger charge is 2.12. The standard InChI is InChI=1S/C18H21N3S/c1-2-3-9-15(12-14-7-5-4-6-8-14)21-17-16-10-11-22-18(16)20-13-19-17/h4-8,10-11,13,15H,2-3,9,12H2,1H3,(H,19,20,21). The quantitative estimate of drug-likeness (QED) is 0.674. The van der Waals surface area contributed by atoms with Crippen molar-refractivity contribution in [3.8, 4) is 0 Å². The topological polar surface area (TPSA) is 37.8 Å². The van der Waals surface area contributed by atoms with E-state index in [0.717, 1.165) is 28.9 Å². The molecule has 1 atom stereocenters. The minimum atomic E-state index is 0.403. The molecule has 3 aromatic rings. The predicted octanol–water partition coefficient (Wildman–Crippen LogP) is 4.90. The van der Waals surface area contributed by atoms with Gasteiger partial charge in [-0.25, -0.2) is 9.97 Å². The molecule has 0 amide bonds. The Balaban J connectivity index is 1.78. The van der Waals surface area contributed by atoms with Gasteiger partial charge in [0.2, 0.25) is 0 Å². The van der Waals surface area contributed by atoms with E-state index in [4.69, 9.17) is 0 Å². The van der Waals surface area contributed by atoms with E-state index in [-0.39, 0.29) is 0 Å². The summed E-state index contributed by atoms with van der Waals surface area (Å²) in [6.07, 6.45) is 6.27. The zero-order valence-electron chi connectivity index (χ0n) is 12.8. The Kier molecular flexibility index (Phi) is 5.01. The van der Waals surface area contributed by atoms with Gasteiger partial charge >= 0.3 is 0 Å². The molecule has 0 bridgehead atoms. The molecule has 0 fully saturated rings. The molecule has 2 aromatic heterocycles. The zero-order valence-corrected chi connectivity index (χ0v) is 13.6. The van der Waals surface area contributed by atoms with Crippen molar-refractivity contribution >= 4 is 27.4 Å². The summed E-state index contributed by atoms with van der Waals surface area (Å²) in [6.45, 7) is 2.24. The fraction of sp³-hybridized carbons (Fsp3) is 0.333. The van der Waals surface area contributed by atoms with Gasteiger partial charge in [-0.1, -0.05) is 50.1 Å². The molecule has 0 aliphatic carbocycles. The van der Waals surface area contributed by atoms with E-state index >= 15 is 0 Å². The maximum absolute atomic E-state index is 4.45. The SMILES string of the molecule is CCCCC(Cc1ccccc1)Nc1ncnc2sccc12. The van der Waals surface area contributed by atoms with Crippen LogP contribution >= 0.6 is 11.3 Å². The first-order chi connectivity index (χ1) is 10.9. The Bertz CT molecular complexity index is 708.